The largest absolute Gasteiger partial charge is 0.493 e. The van der Waals surface area contributed by atoms with Gasteiger partial charge in [-0.3, -0.25) is 0 Å². The minimum Gasteiger partial charge on any atom is -0.493 e. The second-order valence-electron chi connectivity index (χ2n) is 4.92. The Morgan fingerprint density at radius 1 is 1.33 bits per heavy atom. The lowest BCUT2D eigenvalue weighted by atomic mass is 10.0. The van der Waals surface area contributed by atoms with E-state index in [2.05, 4.69) is 5.10 Å². The summed E-state index contributed by atoms with van der Waals surface area (Å²) in [5.41, 5.74) is 2.14. The minimum absolute atomic E-state index is 0.560. The SMILES string of the molecule is CCCOc1ccccc1C(O)c1c(C)nn(C)c1OC. The first kappa shape index (κ1) is 15.4. The van der Waals surface area contributed by atoms with Crippen molar-refractivity contribution in [1.82, 2.24) is 9.78 Å². The standard InChI is InChI=1S/C16H22N2O3/c1-5-10-21-13-9-7-6-8-12(13)15(19)14-11(2)17-18(3)16(14)20-4/h6-9,15,19H,5,10H2,1-4H3. The van der Waals surface area contributed by atoms with Crippen molar-refractivity contribution in [3.8, 4) is 11.6 Å². The third-order valence-electron chi connectivity index (χ3n) is 3.36. The van der Waals surface area contributed by atoms with Gasteiger partial charge in [0.2, 0.25) is 5.88 Å². The van der Waals surface area contributed by atoms with Gasteiger partial charge in [-0.05, 0) is 19.4 Å². The zero-order valence-electron chi connectivity index (χ0n) is 13.0. The number of ether oxygens (including phenoxy) is 2. The Kier molecular flexibility index (Phi) is 4.85. The molecule has 2 aromatic rings. The fraction of sp³-hybridized carbons (Fsp3) is 0.438. The predicted octanol–water partition coefficient (Wildman–Crippen LogP) is 2.61. The van der Waals surface area contributed by atoms with Crippen molar-refractivity contribution in [2.24, 2.45) is 7.05 Å². The quantitative estimate of drug-likeness (QED) is 0.888. The second kappa shape index (κ2) is 6.63. The number of aryl methyl sites for hydroxylation is 2. The van der Waals surface area contributed by atoms with Gasteiger partial charge in [-0.15, -0.1) is 0 Å². The number of benzene rings is 1. The van der Waals surface area contributed by atoms with E-state index >= 15 is 0 Å². The van der Waals surface area contributed by atoms with Gasteiger partial charge in [-0.1, -0.05) is 25.1 Å². The smallest absolute Gasteiger partial charge is 0.217 e. The molecule has 0 fully saturated rings. The average Bonchev–Trinajstić information content (AvgIpc) is 2.78. The summed E-state index contributed by atoms with van der Waals surface area (Å²) in [5.74, 6) is 1.25. The summed E-state index contributed by atoms with van der Waals surface area (Å²) in [5, 5.41) is 15.1. The molecule has 1 unspecified atom stereocenters. The zero-order valence-corrected chi connectivity index (χ0v) is 13.0. The van der Waals surface area contributed by atoms with Crippen molar-refractivity contribution in [3.05, 3.63) is 41.1 Å². The van der Waals surface area contributed by atoms with E-state index in [0.717, 1.165) is 17.7 Å². The third-order valence-corrected chi connectivity index (χ3v) is 3.36. The molecule has 5 heteroatoms. The fourth-order valence-electron chi connectivity index (χ4n) is 2.42. The Bertz CT molecular complexity index is 608. The number of hydrogen-bond acceptors (Lipinski definition) is 4. The van der Waals surface area contributed by atoms with Crippen LogP contribution in [-0.4, -0.2) is 28.6 Å². The molecule has 21 heavy (non-hydrogen) atoms. The maximum Gasteiger partial charge on any atom is 0.217 e. The molecular weight excluding hydrogens is 268 g/mol. The van der Waals surface area contributed by atoms with Gasteiger partial charge in [0.15, 0.2) is 0 Å². The van der Waals surface area contributed by atoms with Crippen LogP contribution in [0.4, 0.5) is 0 Å². The van der Waals surface area contributed by atoms with Crippen molar-refractivity contribution in [2.75, 3.05) is 13.7 Å². The van der Waals surface area contributed by atoms with Crippen LogP contribution in [0.1, 0.15) is 36.3 Å². The molecule has 0 spiro atoms. The van der Waals surface area contributed by atoms with Crippen LogP contribution in [0.2, 0.25) is 0 Å². The number of aromatic nitrogens is 2. The molecule has 0 aliphatic heterocycles. The van der Waals surface area contributed by atoms with Crippen LogP contribution in [0.15, 0.2) is 24.3 Å². The van der Waals surface area contributed by atoms with Crippen LogP contribution >= 0.6 is 0 Å². The lowest BCUT2D eigenvalue weighted by Gasteiger charge is -2.17. The molecule has 0 radical (unpaired) electrons. The number of methoxy groups -OCH3 is 1. The van der Waals surface area contributed by atoms with Crippen molar-refractivity contribution in [2.45, 2.75) is 26.4 Å². The first-order valence-corrected chi connectivity index (χ1v) is 7.07. The highest BCUT2D eigenvalue weighted by Gasteiger charge is 2.25. The Labute approximate surface area is 125 Å². The van der Waals surface area contributed by atoms with E-state index in [-0.39, 0.29) is 0 Å². The van der Waals surface area contributed by atoms with E-state index in [4.69, 9.17) is 9.47 Å². The first-order chi connectivity index (χ1) is 10.1. The van der Waals surface area contributed by atoms with Gasteiger partial charge in [0.25, 0.3) is 0 Å². The van der Waals surface area contributed by atoms with Crippen LogP contribution in [0, 0.1) is 6.92 Å². The summed E-state index contributed by atoms with van der Waals surface area (Å²) in [7, 11) is 3.37. The van der Waals surface area contributed by atoms with Crippen molar-refractivity contribution < 1.29 is 14.6 Å². The van der Waals surface area contributed by atoms with Crippen molar-refractivity contribution >= 4 is 0 Å². The molecule has 0 saturated heterocycles. The Morgan fingerprint density at radius 2 is 2.05 bits per heavy atom. The molecule has 0 aliphatic rings. The molecule has 1 aromatic heterocycles. The van der Waals surface area contributed by atoms with Crippen molar-refractivity contribution in [1.29, 1.82) is 0 Å². The van der Waals surface area contributed by atoms with E-state index in [1.807, 2.05) is 38.1 Å². The maximum absolute atomic E-state index is 10.8. The number of aliphatic hydroxyl groups is 1. The van der Waals surface area contributed by atoms with Gasteiger partial charge in [0.05, 0.1) is 25.0 Å². The highest BCUT2D eigenvalue weighted by Crippen LogP contribution is 2.36. The van der Waals surface area contributed by atoms with E-state index in [9.17, 15) is 5.11 Å². The monoisotopic (exact) mass is 290 g/mol. The fourth-order valence-corrected chi connectivity index (χ4v) is 2.42. The summed E-state index contributed by atoms with van der Waals surface area (Å²) in [6.07, 6.45) is 0.0846. The molecule has 0 amide bonds. The summed E-state index contributed by atoms with van der Waals surface area (Å²) >= 11 is 0. The Morgan fingerprint density at radius 3 is 2.71 bits per heavy atom. The predicted molar refractivity (Wildman–Crippen MR) is 80.8 cm³/mol. The molecule has 0 aliphatic carbocycles. The number of rotatable bonds is 6. The van der Waals surface area contributed by atoms with Crippen molar-refractivity contribution in [3.63, 3.8) is 0 Å². The van der Waals surface area contributed by atoms with E-state index < -0.39 is 6.10 Å². The van der Waals surface area contributed by atoms with Gasteiger partial charge < -0.3 is 14.6 Å². The molecule has 1 aromatic carbocycles. The summed E-state index contributed by atoms with van der Waals surface area (Å²) < 4.78 is 12.7. The van der Waals surface area contributed by atoms with Crippen LogP contribution in [0.5, 0.6) is 11.6 Å². The molecule has 0 saturated carbocycles. The highest BCUT2D eigenvalue weighted by atomic mass is 16.5. The van der Waals surface area contributed by atoms with E-state index in [0.29, 0.717) is 23.8 Å². The lowest BCUT2D eigenvalue weighted by molar-refractivity contribution is 0.204. The van der Waals surface area contributed by atoms with E-state index in [1.165, 1.54) is 0 Å². The normalized spacial score (nSPS) is 12.2. The molecular formula is C16H22N2O3. The Hall–Kier alpha value is -2.01. The molecule has 114 valence electrons. The van der Waals surface area contributed by atoms with Crippen LogP contribution < -0.4 is 9.47 Å². The molecule has 1 atom stereocenters. The highest BCUT2D eigenvalue weighted by molar-refractivity contribution is 5.45. The number of para-hydroxylation sites is 1. The first-order valence-electron chi connectivity index (χ1n) is 7.07. The maximum atomic E-state index is 10.8. The summed E-state index contributed by atoms with van der Waals surface area (Å²) in [6, 6.07) is 7.51. The second-order valence-corrected chi connectivity index (χ2v) is 4.92. The molecule has 0 bridgehead atoms. The number of aliphatic hydroxyl groups excluding tert-OH is 1. The van der Waals surface area contributed by atoms with Gasteiger partial charge >= 0.3 is 0 Å². The van der Waals surface area contributed by atoms with Crippen LogP contribution in [0.25, 0.3) is 0 Å². The van der Waals surface area contributed by atoms with E-state index in [1.54, 1.807) is 18.8 Å². The number of hydrogen-bond donors (Lipinski definition) is 1. The van der Waals surface area contributed by atoms with Gasteiger partial charge in [-0.2, -0.15) is 5.10 Å². The van der Waals surface area contributed by atoms with Gasteiger partial charge in [0, 0.05) is 12.6 Å². The summed E-state index contributed by atoms with van der Waals surface area (Å²) in [4.78, 5) is 0. The van der Waals surface area contributed by atoms with Gasteiger partial charge in [0.1, 0.15) is 11.9 Å². The Balaban J connectivity index is 2.43. The topological polar surface area (TPSA) is 56.5 Å². The minimum atomic E-state index is -0.832. The molecule has 5 nitrogen and oxygen atoms in total. The summed E-state index contributed by atoms with van der Waals surface area (Å²) in [6.45, 7) is 4.52. The van der Waals surface area contributed by atoms with Crippen LogP contribution in [0.3, 0.4) is 0 Å². The molecule has 2 rings (SSSR count). The molecule has 1 N–H and O–H groups in total. The average molecular weight is 290 g/mol. The molecule has 1 heterocycles. The third kappa shape index (κ3) is 3.03. The lowest BCUT2D eigenvalue weighted by Crippen LogP contribution is -2.07. The zero-order chi connectivity index (χ0) is 15.4. The van der Waals surface area contributed by atoms with Gasteiger partial charge in [-0.25, -0.2) is 4.68 Å². The van der Waals surface area contributed by atoms with Crippen LogP contribution in [-0.2, 0) is 7.05 Å². The number of nitrogens with zero attached hydrogens (tertiary/aromatic N) is 2.